The fraction of sp³-hybridized carbons (Fsp3) is 0.769. The monoisotopic (exact) mass is 333 g/mol. The number of methoxy groups -OCH3 is 1. The van der Waals surface area contributed by atoms with Crippen LogP contribution in [0.1, 0.15) is 31.5 Å². The van der Waals surface area contributed by atoms with Gasteiger partial charge in [-0.3, -0.25) is 4.68 Å². The Morgan fingerprint density at radius 3 is 2.84 bits per heavy atom. The van der Waals surface area contributed by atoms with E-state index in [2.05, 4.69) is 38.0 Å². The van der Waals surface area contributed by atoms with Crippen molar-refractivity contribution < 1.29 is 9.47 Å². The molecule has 1 N–H and O–H groups in total. The normalized spacial score (nSPS) is 12.8. The molecular weight excluding hydrogens is 310 g/mol. The highest BCUT2D eigenvalue weighted by Gasteiger charge is 2.18. The van der Waals surface area contributed by atoms with E-state index < -0.39 is 0 Å². The summed E-state index contributed by atoms with van der Waals surface area (Å²) in [6.45, 7) is 5.08. The largest absolute Gasteiger partial charge is 0.382 e. The summed E-state index contributed by atoms with van der Waals surface area (Å²) < 4.78 is 13.6. The third kappa shape index (κ3) is 5.22. The zero-order valence-corrected chi connectivity index (χ0v) is 13.6. The summed E-state index contributed by atoms with van der Waals surface area (Å²) in [5, 5.41) is 7.73. The number of nitrogens with one attached hydrogen (secondary N) is 1. The molecule has 0 spiro atoms. The molecule has 19 heavy (non-hydrogen) atoms. The predicted molar refractivity (Wildman–Crippen MR) is 79.3 cm³/mol. The lowest BCUT2D eigenvalue weighted by molar-refractivity contribution is 0.0657. The van der Waals surface area contributed by atoms with Gasteiger partial charge in [0.05, 0.1) is 35.6 Å². The van der Waals surface area contributed by atoms with E-state index in [0.717, 1.165) is 23.9 Å². The van der Waals surface area contributed by atoms with E-state index in [1.165, 1.54) is 5.69 Å². The van der Waals surface area contributed by atoms with Crippen molar-refractivity contribution in [3.8, 4) is 0 Å². The number of hydrogen-bond acceptors (Lipinski definition) is 4. The van der Waals surface area contributed by atoms with Gasteiger partial charge in [0.25, 0.3) is 0 Å². The van der Waals surface area contributed by atoms with Crippen LogP contribution in [-0.4, -0.2) is 43.8 Å². The molecule has 0 saturated carbocycles. The minimum absolute atomic E-state index is 0.242. The molecule has 1 aromatic heterocycles. The van der Waals surface area contributed by atoms with Crippen LogP contribution >= 0.6 is 15.9 Å². The fourth-order valence-electron chi connectivity index (χ4n) is 1.97. The average molecular weight is 334 g/mol. The number of aromatic nitrogens is 2. The van der Waals surface area contributed by atoms with Gasteiger partial charge < -0.3 is 14.8 Å². The minimum Gasteiger partial charge on any atom is -0.382 e. The summed E-state index contributed by atoms with van der Waals surface area (Å²) in [4.78, 5) is 0. The van der Waals surface area contributed by atoms with E-state index in [-0.39, 0.29) is 6.04 Å². The van der Waals surface area contributed by atoms with E-state index >= 15 is 0 Å². The zero-order chi connectivity index (χ0) is 14.1. The minimum atomic E-state index is 0.242. The third-order valence-electron chi connectivity index (χ3n) is 2.93. The lowest BCUT2D eigenvalue weighted by Crippen LogP contribution is -2.23. The Balaban J connectivity index is 2.56. The van der Waals surface area contributed by atoms with Gasteiger partial charge in [-0.2, -0.15) is 5.10 Å². The first-order chi connectivity index (χ1) is 9.24. The molecule has 1 unspecified atom stereocenters. The van der Waals surface area contributed by atoms with Crippen molar-refractivity contribution in [1.29, 1.82) is 0 Å². The summed E-state index contributed by atoms with van der Waals surface area (Å²) in [5.41, 5.74) is 1.19. The van der Waals surface area contributed by atoms with Crippen LogP contribution in [0.5, 0.6) is 0 Å². The molecule has 0 fully saturated rings. The maximum atomic E-state index is 5.53. The van der Waals surface area contributed by atoms with Crippen LogP contribution in [0.4, 0.5) is 0 Å². The van der Waals surface area contributed by atoms with E-state index in [9.17, 15) is 0 Å². The van der Waals surface area contributed by atoms with Crippen LogP contribution in [0.15, 0.2) is 10.7 Å². The number of rotatable bonds is 10. The summed E-state index contributed by atoms with van der Waals surface area (Å²) in [6, 6.07) is 0.242. The lowest BCUT2D eigenvalue weighted by Gasteiger charge is -2.18. The Morgan fingerprint density at radius 2 is 2.21 bits per heavy atom. The third-order valence-corrected chi connectivity index (χ3v) is 3.54. The van der Waals surface area contributed by atoms with Gasteiger partial charge in [-0.05, 0) is 35.8 Å². The highest BCUT2D eigenvalue weighted by Crippen LogP contribution is 2.25. The highest BCUT2D eigenvalue weighted by atomic mass is 79.9. The van der Waals surface area contributed by atoms with E-state index in [1.54, 1.807) is 7.11 Å². The molecule has 1 rings (SSSR count). The second kappa shape index (κ2) is 9.47. The molecule has 5 nitrogen and oxygen atoms in total. The summed E-state index contributed by atoms with van der Waals surface area (Å²) in [7, 11) is 3.65. The first-order valence-corrected chi connectivity index (χ1v) is 7.49. The number of aryl methyl sites for hydroxylation is 1. The van der Waals surface area contributed by atoms with Crippen molar-refractivity contribution in [2.75, 3.05) is 34.0 Å². The van der Waals surface area contributed by atoms with Gasteiger partial charge in [0.15, 0.2) is 0 Å². The van der Waals surface area contributed by atoms with Gasteiger partial charge in [-0.25, -0.2) is 0 Å². The van der Waals surface area contributed by atoms with Crippen molar-refractivity contribution in [2.24, 2.45) is 0 Å². The van der Waals surface area contributed by atoms with Gasteiger partial charge in [-0.1, -0.05) is 6.92 Å². The maximum absolute atomic E-state index is 5.53. The highest BCUT2D eigenvalue weighted by molar-refractivity contribution is 9.10. The van der Waals surface area contributed by atoms with Gasteiger partial charge >= 0.3 is 0 Å². The molecule has 0 aliphatic heterocycles. The second-order valence-corrected chi connectivity index (χ2v) is 5.19. The molecule has 1 aromatic rings. The molecule has 0 radical (unpaired) electrons. The summed E-state index contributed by atoms with van der Waals surface area (Å²) >= 11 is 3.58. The molecular formula is C13H24BrN3O2. The molecule has 110 valence electrons. The maximum Gasteiger partial charge on any atom is 0.0700 e. The Morgan fingerprint density at radius 1 is 1.42 bits per heavy atom. The van der Waals surface area contributed by atoms with Crippen molar-refractivity contribution in [2.45, 2.75) is 32.4 Å². The quantitative estimate of drug-likeness (QED) is 0.668. The van der Waals surface area contributed by atoms with E-state index in [4.69, 9.17) is 9.47 Å². The van der Waals surface area contributed by atoms with Crippen molar-refractivity contribution in [1.82, 2.24) is 15.1 Å². The fourth-order valence-corrected chi connectivity index (χ4v) is 2.54. The first kappa shape index (κ1) is 16.6. The first-order valence-electron chi connectivity index (χ1n) is 6.69. The van der Waals surface area contributed by atoms with Gasteiger partial charge in [-0.15, -0.1) is 0 Å². The van der Waals surface area contributed by atoms with Crippen LogP contribution in [-0.2, 0) is 16.0 Å². The van der Waals surface area contributed by atoms with E-state index in [1.807, 2.05) is 13.2 Å². The molecule has 0 aromatic carbocycles. The van der Waals surface area contributed by atoms with E-state index in [0.29, 0.717) is 19.8 Å². The number of halogens is 1. The number of hydrogen-bond donors (Lipinski definition) is 1. The van der Waals surface area contributed by atoms with Crippen LogP contribution in [0, 0.1) is 0 Å². The molecule has 0 aliphatic carbocycles. The summed E-state index contributed by atoms with van der Waals surface area (Å²) in [6.07, 6.45) is 3.84. The van der Waals surface area contributed by atoms with Crippen LogP contribution in [0.25, 0.3) is 0 Å². The van der Waals surface area contributed by atoms with Gasteiger partial charge in [0.2, 0.25) is 0 Å². The molecule has 1 heterocycles. The Hall–Kier alpha value is -0.430. The van der Waals surface area contributed by atoms with Crippen LogP contribution in [0.3, 0.4) is 0 Å². The van der Waals surface area contributed by atoms with Crippen LogP contribution < -0.4 is 5.32 Å². The second-order valence-electron chi connectivity index (χ2n) is 4.34. The Labute approximate surface area is 123 Å². The summed E-state index contributed by atoms with van der Waals surface area (Å²) in [5.74, 6) is 0. The average Bonchev–Trinajstić information content (AvgIpc) is 2.76. The molecule has 0 aliphatic rings. The molecule has 0 saturated heterocycles. The lowest BCUT2D eigenvalue weighted by atomic mass is 10.1. The molecule has 0 bridgehead atoms. The van der Waals surface area contributed by atoms with Crippen molar-refractivity contribution >= 4 is 15.9 Å². The smallest absolute Gasteiger partial charge is 0.0700 e. The predicted octanol–water partition coefficient (Wildman–Crippen LogP) is 2.37. The van der Waals surface area contributed by atoms with Crippen molar-refractivity contribution in [3.63, 3.8) is 0 Å². The van der Waals surface area contributed by atoms with Gasteiger partial charge in [0.1, 0.15) is 0 Å². The zero-order valence-electron chi connectivity index (χ0n) is 12.0. The molecule has 1 atom stereocenters. The molecule has 0 amide bonds. The van der Waals surface area contributed by atoms with Gasteiger partial charge in [0, 0.05) is 20.3 Å². The number of nitrogens with zero attached hydrogens (tertiary/aromatic N) is 2. The Kier molecular flexibility index (Phi) is 8.29. The number of ether oxygens (including phenoxy) is 2. The topological polar surface area (TPSA) is 48.3 Å². The van der Waals surface area contributed by atoms with Crippen LogP contribution in [0.2, 0.25) is 0 Å². The SMILES string of the molecule is CCCn1ncc(Br)c1C(CCOCCOC)NC. The van der Waals surface area contributed by atoms with Crippen molar-refractivity contribution in [3.05, 3.63) is 16.4 Å². The Bertz CT molecular complexity index is 358. The standard InChI is InChI=1S/C13H24BrN3O2/c1-4-6-17-13(11(14)10-16-17)12(15-2)5-7-19-9-8-18-3/h10,12,15H,4-9H2,1-3H3. The molecule has 6 heteroatoms.